The Hall–Kier alpha value is -1.49. The van der Waals surface area contributed by atoms with Crippen LogP contribution in [0.4, 0.5) is 13.2 Å². The second-order valence-electron chi connectivity index (χ2n) is 4.52. The van der Waals surface area contributed by atoms with Crippen LogP contribution in [0.3, 0.4) is 0 Å². The molecule has 2 rings (SSSR count). The summed E-state index contributed by atoms with van der Waals surface area (Å²) in [5.74, 6) is 0. The van der Waals surface area contributed by atoms with Crippen LogP contribution in [-0.2, 0) is 19.1 Å². The standard InChI is InChI=1S/C14H17F3N2/c1-3-19-9-10(6-7-18-2)12-8-11(14(15,16)17)4-5-13(12)19/h4-5,8-9,18H,3,6-7H2,1-2H3. The summed E-state index contributed by atoms with van der Waals surface area (Å²) in [4.78, 5) is 0. The van der Waals surface area contributed by atoms with Crippen molar-refractivity contribution in [1.82, 2.24) is 9.88 Å². The van der Waals surface area contributed by atoms with Gasteiger partial charge in [0, 0.05) is 23.6 Å². The van der Waals surface area contributed by atoms with Gasteiger partial charge in [-0.1, -0.05) is 0 Å². The molecule has 2 aromatic rings. The molecule has 0 unspecified atom stereocenters. The number of nitrogens with zero attached hydrogens (tertiary/aromatic N) is 1. The van der Waals surface area contributed by atoms with Crippen molar-refractivity contribution in [2.24, 2.45) is 0 Å². The fraction of sp³-hybridized carbons (Fsp3) is 0.429. The zero-order valence-electron chi connectivity index (χ0n) is 11.0. The summed E-state index contributed by atoms with van der Waals surface area (Å²) in [5.41, 5.74) is 1.23. The van der Waals surface area contributed by atoms with E-state index in [9.17, 15) is 13.2 Å². The summed E-state index contributed by atoms with van der Waals surface area (Å²) in [6, 6.07) is 3.97. The number of aryl methyl sites for hydroxylation is 1. The minimum absolute atomic E-state index is 0.584. The van der Waals surface area contributed by atoms with Gasteiger partial charge in [-0.25, -0.2) is 0 Å². The summed E-state index contributed by atoms with van der Waals surface area (Å²) in [7, 11) is 1.83. The molecular formula is C14H17F3N2. The second-order valence-corrected chi connectivity index (χ2v) is 4.52. The van der Waals surface area contributed by atoms with Gasteiger partial charge in [0.15, 0.2) is 0 Å². The van der Waals surface area contributed by atoms with Crippen molar-refractivity contribution in [3.05, 3.63) is 35.5 Å². The lowest BCUT2D eigenvalue weighted by Crippen LogP contribution is -2.10. The fourth-order valence-corrected chi connectivity index (χ4v) is 2.27. The van der Waals surface area contributed by atoms with Crippen LogP contribution in [0, 0.1) is 0 Å². The Morgan fingerprint density at radius 1 is 1.26 bits per heavy atom. The summed E-state index contributed by atoms with van der Waals surface area (Å²) in [6.07, 6.45) is -1.62. The highest BCUT2D eigenvalue weighted by Gasteiger charge is 2.30. The number of aromatic nitrogens is 1. The molecule has 0 aliphatic rings. The number of likely N-dealkylation sites (N-methyl/N-ethyl adjacent to an activating group) is 1. The van der Waals surface area contributed by atoms with Gasteiger partial charge in [-0.05, 0) is 50.7 Å². The molecule has 0 saturated heterocycles. The first-order valence-corrected chi connectivity index (χ1v) is 6.31. The van der Waals surface area contributed by atoms with Gasteiger partial charge in [-0.3, -0.25) is 0 Å². The second kappa shape index (κ2) is 5.25. The molecule has 0 aliphatic heterocycles. The smallest absolute Gasteiger partial charge is 0.347 e. The molecule has 0 amide bonds. The van der Waals surface area contributed by atoms with Crippen molar-refractivity contribution in [2.75, 3.05) is 13.6 Å². The van der Waals surface area contributed by atoms with E-state index in [0.29, 0.717) is 5.39 Å². The maximum absolute atomic E-state index is 12.8. The van der Waals surface area contributed by atoms with E-state index in [1.807, 2.05) is 24.7 Å². The predicted molar refractivity (Wildman–Crippen MR) is 70.2 cm³/mol. The largest absolute Gasteiger partial charge is 0.416 e. The number of hydrogen-bond acceptors (Lipinski definition) is 1. The van der Waals surface area contributed by atoms with Crippen molar-refractivity contribution in [1.29, 1.82) is 0 Å². The van der Waals surface area contributed by atoms with E-state index in [1.54, 1.807) is 6.07 Å². The van der Waals surface area contributed by atoms with E-state index in [0.717, 1.165) is 36.7 Å². The van der Waals surface area contributed by atoms with Crippen LogP contribution in [0.1, 0.15) is 18.1 Å². The van der Waals surface area contributed by atoms with Gasteiger partial charge in [0.1, 0.15) is 0 Å². The van der Waals surface area contributed by atoms with E-state index < -0.39 is 11.7 Å². The number of nitrogens with one attached hydrogen (secondary N) is 1. The average Bonchev–Trinajstić information content (AvgIpc) is 2.72. The zero-order chi connectivity index (χ0) is 14.0. The molecule has 5 heteroatoms. The molecule has 2 nitrogen and oxygen atoms in total. The van der Waals surface area contributed by atoms with E-state index in [4.69, 9.17) is 0 Å². The molecule has 0 saturated carbocycles. The molecule has 0 aliphatic carbocycles. The van der Waals surface area contributed by atoms with Gasteiger partial charge in [0.05, 0.1) is 5.56 Å². The van der Waals surface area contributed by atoms with Crippen LogP contribution in [0.25, 0.3) is 10.9 Å². The Labute approximate surface area is 110 Å². The Morgan fingerprint density at radius 3 is 2.58 bits per heavy atom. The van der Waals surface area contributed by atoms with Gasteiger partial charge in [-0.15, -0.1) is 0 Å². The number of benzene rings is 1. The third-order valence-corrected chi connectivity index (χ3v) is 3.28. The van der Waals surface area contributed by atoms with Crippen LogP contribution in [0.2, 0.25) is 0 Å². The molecule has 0 radical (unpaired) electrons. The van der Waals surface area contributed by atoms with E-state index in [-0.39, 0.29) is 0 Å². The maximum Gasteiger partial charge on any atom is 0.416 e. The average molecular weight is 270 g/mol. The van der Waals surface area contributed by atoms with Crippen LogP contribution in [0.5, 0.6) is 0 Å². The summed E-state index contributed by atoms with van der Waals surface area (Å²) in [6.45, 7) is 3.49. The Kier molecular flexibility index (Phi) is 3.85. The normalized spacial score (nSPS) is 12.3. The van der Waals surface area contributed by atoms with Gasteiger partial charge >= 0.3 is 6.18 Å². The van der Waals surface area contributed by atoms with Crippen molar-refractivity contribution in [2.45, 2.75) is 26.1 Å². The zero-order valence-corrected chi connectivity index (χ0v) is 11.0. The Balaban J connectivity index is 2.54. The molecule has 1 heterocycles. The van der Waals surface area contributed by atoms with Crippen molar-refractivity contribution in [3.8, 4) is 0 Å². The Bertz CT molecular complexity index is 570. The molecular weight excluding hydrogens is 253 g/mol. The lowest BCUT2D eigenvalue weighted by molar-refractivity contribution is -0.137. The first-order valence-electron chi connectivity index (χ1n) is 6.31. The summed E-state index contributed by atoms with van der Waals surface area (Å²) in [5, 5.41) is 3.72. The molecule has 0 fully saturated rings. The highest BCUT2D eigenvalue weighted by Crippen LogP contribution is 2.33. The Morgan fingerprint density at radius 2 is 2.00 bits per heavy atom. The molecule has 1 aromatic carbocycles. The monoisotopic (exact) mass is 270 g/mol. The molecule has 19 heavy (non-hydrogen) atoms. The number of alkyl halides is 3. The quantitative estimate of drug-likeness (QED) is 0.900. The number of hydrogen-bond donors (Lipinski definition) is 1. The molecule has 0 bridgehead atoms. The third-order valence-electron chi connectivity index (χ3n) is 3.28. The van der Waals surface area contributed by atoms with Crippen LogP contribution >= 0.6 is 0 Å². The molecule has 0 atom stereocenters. The molecule has 1 N–H and O–H groups in total. The van der Waals surface area contributed by atoms with Gasteiger partial charge < -0.3 is 9.88 Å². The third kappa shape index (κ3) is 2.76. The molecule has 0 spiro atoms. The minimum Gasteiger partial charge on any atom is -0.347 e. The number of halogens is 3. The van der Waals surface area contributed by atoms with E-state index >= 15 is 0 Å². The fourth-order valence-electron chi connectivity index (χ4n) is 2.27. The lowest BCUT2D eigenvalue weighted by Gasteiger charge is -2.07. The topological polar surface area (TPSA) is 17.0 Å². The van der Waals surface area contributed by atoms with Crippen LogP contribution in [0.15, 0.2) is 24.4 Å². The molecule has 1 aromatic heterocycles. The van der Waals surface area contributed by atoms with Crippen LogP contribution in [-0.4, -0.2) is 18.2 Å². The number of rotatable bonds is 4. The SMILES string of the molecule is CCn1cc(CCNC)c2cc(C(F)(F)F)ccc21. The maximum atomic E-state index is 12.8. The summed E-state index contributed by atoms with van der Waals surface area (Å²) >= 11 is 0. The first kappa shape index (κ1) is 13.9. The van der Waals surface area contributed by atoms with E-state index in [2.05, 4.69) is 5.32 Å². The van der Waals surface area contributed by atoms with Gasteiger partial charge in [0.25, 0.3) is 0 Å². The van der Waals surface area contributed by atoms with Gasteiger partial charge in [0.2, 0.25) is 0 Å². The first-order chi connectivity index (χ1) is 8.97. The van der Waals surface area contributed by atoms with E-state index in [1.165, 1.54) is 6.07 Å². The van der Waals surface area contributed by atoms with Crippen LogP contribution < -0.4 is 5.32 Å². The van der Waals surface area contributed by atoms with Crippen molar-refractivity contribution < 1.29 is 13.2 Å². The highest BCUT2D eigenvalue weighted by molar-refractivity contribution is 5.85. The minimum atomic E-state index is -4.29. The van der Waals surface area contributed by atoms with Crippen molar-refractivity contribution in [3.63, 3.8) is 0 Å². The lowest BCUT2D eigenvalue weighted by atomic mass is 10.1. The predicted octanol–water partition coefficient (Wildman–Crippen LogP) is 3.44. The van der Waals surface area contributed by atoms with Crippen molar-refractivity contribution >= 4 is 10.9 Å². The highest BCUT2D eigenvalue weighted by atomic mass is 19.4. The molecule has 104 valence electrons. The number of fused-ring (bicyclic) bond motifs is 1. The summed E-state index contributed by atoms with van der Waals surface area (Å²) < 4.78 is 40.3. The van der Waals surface area contributed by atoms with Gasteiger partial charge in [-0.2, -0.15) is 13.2 Å².